The molecular formula is C47H78BrNS3. The molecule has 0 N–H and O–H groups in total. The van der Waals surface area contributed by atoms with Crippen LogP contribution >= 0.6 is 49.9 Å². The number of thiazole rings is 1. The highest BCUT2D eigenvalue weighted by Crippen LogP contribution is 2.45. The van der Waals surface area contributed by atoms with Gasteiger partial charge in [-0.15, -0.1) is 34.0 Å². The molecular weight excluding hydrogens is 755 g/mol. The molecule has 0 saturated carbocycles. The van der Waals surface area contributed by atoms with E-state index >= 15 is 0 Å². The Bertz CT molecular complexity index is 1260. The lowest BCUT2D eigenvalue weighted by molar-refractivity contribution is 0.555. The van der Waals surface area contributed by atoms with Crippen molar-refractivity contribution in [2.45, 2.75) is 233 Å². The van der Waals surface area contributed by atoms with Crippen molar-refractivity contribution in [1.82, 2.24) is 4.98 Å². The lowest BCUT2D eigenvalue weighted by Gasteiger charge is -2.04. The lowest BCUT2D eigenvalue weighted by atomic mass is 10.0. The molecule has 0 aliphatic rings. The second-order valence-corrected chi connectivity index (χ2v) is 20.1. The number of thiophene rings is 2. The van der Waals surface area contributed by atoms with Crippen LogP contribution in [-0.2, 0) is 19.3 Å². The van der Waals surface area contributed by atoms with Gasteiger partial charge in [0.25, 0.3) is 0 Å². The van der Waals surface area contributed by atoms with Crippen LogP contribution in [0.2, 0.25) is 0 Å². The first kappa shape index (κ1) is 45.9. The van der Waals surface area contributed by atoms with Crippen LogP contribution in [0.15, 0.2) is 21.3 Å². The SMILES string of the molecule is CCCCCCCCCCCCc1ccsc1-c1cc(CCCCCCCCCCCC)c(-c2nc(CCCCCCCCCCCC)c(Br)s2)s1. The van der Waals surface area contributed by atoms with Gasteiger partial charge < -0.3 is 0 Å². The summed E-state index contributed by atoms with van der Waals surface area (Å²) < 4.78 is 1.26. The molecule has 0 unspecified atom stereocenters. The summed E-state index contributed by atoms with van der Waals surface area (Å²) in [6, 6.07) is 4.98. The Morgan fingerprint density at radius 3 is 1.33 bits per heavy atom. The van der Waals surface area contributed by atoms with Crippen LogP contribution in [0.25, 0.3) is 19.6 Å². The summed E-state index contributed by atoms with van der Waals surface area (Å²) in [4.78, 5) is 9.78. The standard InChI is InChI=1S/C47H78BrNS3/c1-4-7-10-13-16-19-22-25-28-31-34-40-37-38-50-44(40)43-39-41(35-32-29-26-23-20-17-14-11-8-5-2)45(51-43)47-49-42(46(48)52-47)36-33-30-27-24-21-18-15-12-9-6-3/h37-39H,4-36H2,1-3H3. The smallest absolute Gasteiger partial charge is 0.135 e. The average Bonchev–Trinajstić information content (AvgIpc) is 3.89. The number of rotatable bonds is 35. The van der Waals surface area contributed by atoms with Crippen LogP contribution in [0.4, 0.5) is 0 Å². The summed E-state index contributed by atoms with van der Waals surface area (Å²) >= 11 is 9.83. The van der Waals surface area contributed by atoms with E-state index in [0.717, 1.165) is 6.42 Å². The molecule has 3 aromatic heterocycles. The van der Waals surface area contributed by atoms with Crippen molar-refractivity contribution in [3.63, 3.8) is 0 Å². The summed E-state index contributed by atoms with van der Waals surface area (Å²) in [7, 11) is 0. The van der Waals surface area contributed by atoms with E-state index in [4.69, 9.17) is 4.98 Å². The maximum absolute atomic E-state index is 5.32. The molecule has 3 heterocycles. The van der Waals surface area contributed by atoms with E-state index < -0.39 is 0 Å². The van der Waals surface area contributed by atoms with Gasteiger partial charge >= 0.3 is 0 Å². The Hall–Kier alpha value is -0.490. The van der Waals surface area contributed by atoms with E-state index in [2.05, 4.69) is 54.2 Å². The number of unbranched alkanes of at least 4 members (excludes halogenated alkanes) is 27. The van der Waals surface area contributed by atoms with Gasteiger partial charge in [-0.05, 0) is 83.1 Å². The van der Waals surface area contributed by atoms with Gasteiger partial charge in [0.1, 0.15) is 5.01 Å². The second-order valence-electron chi connectivity index (χ2n) is 15.8. The lowest BCUT2D eigenvalue weighted by Crippen LogP contribution is -1.90. The van der Waals surface area contributed by atoms with E-state index in [9.17, 15) is 0 Å². The predicted octanol–water partition coefficient (Wildman–Crippen LogP) is 18.8. The quantitative estimate of drug-likeness (QED) is 0.0538. The Labute approximate surface area is 343 Å². The fourth-order valence-electron chi connectivity index (χ4n) is 7.63. The van der Waals surface area contributed by atoms with Crippen LogP contribution in [0.3, 0.4) is 0 Å². The Morgan fingerprint density at radius 2 is 0.865 bits per heavy atom. The van der Waals surface area contributed by atoms with Gasteiger partial charge in [0.15, 0.2) is 0 Å². The van der Waals surface area contributed by atoms with Crippen molar-refractivity contribution < 1.29 is 0 Å². The molecule has 5 heteroatoms. The molecule has 0 saturated heterocycles. The minimum absolute atomic E-state index is 1.10. The first-order valence-corrected chi connectivity index (χ1v) is 25.8. The van der Waals surface area contributed by atoms with Crippen molar-refractivity contribution in [2.75, 3.05) is 0 Å². The third-order valence-corrected chi connectivity index (χ3v) is 15.3. The molecule has 3 aromatic rings. The Balaban J connectivity index is 1.55. The van der Waals surface area contributed by atoms with Crippen molar-refractivity contribution in [1.29, 1.82) is 0 Å². The summed E-state index contributed by atoms with van der Waals surface area (Å²) in [5.74, 6) is 0. The zero-order chi connectivity index (χ0) is 36.9. The molecule has 0 atom stereocenters. The summed E-state index contributed by atoms with van der Waals surface area (Å²) in [5, 5.41) is 3.59. The van der Waals surface area contributed by atoms with E-state index in [-0.39, 0.29) is 0 Å². The molecule has 0 spiro atoms. The Morgan fingerprint density at radius 1 is 0.462 bits per heavy atom. The molecule has 0 amide bonds. The van der Waals surface area contributed by atoms with Gasteiger partial charge in [0.2, 0.25) is 0 Å². The summed E-state index contributed by atoms with van der Waals surface area (Å²) in [5.41, 5.74) is 4.41. The number of aryl methyl sites for hydroxylation is 3. The van der Waals surface area contributed by atoms with Crippen LogP contribution < -0.4 is 0 Å². The number of hydrogen-bond acceptors (Lipinski definition) is 4. The van der Waals surface area contributed by atoms with Crippen molar-refractivity contribution in [3.05, 3.63) is 38.1 Å². The molecule has 3 rings (SSSR count). The predicted molar refractivity (Wildman–Crippen MR) is 243 cm³/mol. The highest BCUT2D eigenvalue weighted by atomic mass is 79.9. The summed E-state index contributed by atoms with van der Waals surface area (Å²) in [6.45, 7) is 6.93. The molecule has 0 aliphatic heterocycles. The van der Waals surface area contributed by atoms with E-state index in [1.807, 2.05) is 34.0 Å². The topological polar surface area (TPSA) is 12.9 Å². The number of aromatic nitrogens is 1. The molecule has 0 aliphatic carbocycles. The second kappa shape index (κ2) is 30.7. The number of halogens is 1. The van der Waals surface area contributed by atoms with E-state index in [0.29, 0.717) is 0 Å². The van der Waals surface area contributed by atoms with Crippen molar-refractivity contribution in [2.24, 2.45) is 0 Å². The van der Waals surface area contributed by atoms with Crippen LogP contribution in [0.5, 0.6) is 0 Å². The molecule has 296 valence electrons. The maximum atomic E-state index is 5.32. The monoisotopic (exact) mass is 831 g/mol. The minimum Gasteiger partial charge on any atom is -0.239 e. The third kappa shape index (κ3) is 19.4. The van der Waals surface area contributed by atoms with Gasteiger partial charge in [-0.1, -0.05) is 194 Å². The fraction of sp³-hybridized carbons (Fsp3) is 0.766. The molecule has 1 nitrogen and oxygen atoms in total. The Kier molecular flexibility index (Phi) is 27.1. The highest BCUT2D eigenvalue weighted by Gasteiger charge is 2.19. The van der Waals surface area contributed by atoms with Crippen molar-refractivity contribution in [3.8, 4) is 19.6 Å². The third-order valence-electron chi connectivity index (χ3n) is 11.0. The normalized spacial score (nSPS) is 11.7. The van der Waals surface area contributed by atoms with E-state index in [1.54, 1.807) is 11.1 Å². The zero-order valence-corrected chi connectivity index (χ0v) is 38.2. The molecule has 0 bridgehead atoms. The molecule has 52 heavy (non-hydrogen) atoms. The van der Waals surface area contributed by atoms with Gasteiger partial charge in [0.05, 0.1) is 14.4 Å². The van der Waals surface area contributed by atoms with Gasteiger partial charge in [-0.3, -0.25) is 0 Å². The van der Waals surface area contributed by atoms with E-state index in [1.165, 1.54) is 235 Å². The molecule has 0 aromatic carbocycles. The first-order chi connectivity index (χ1) is 25.7. The average molecular weight is 833 g/mol. The highest BCUT2D eigenvalue weighted by molar-refractivity contribution is 9.11. The van der Waals surface area contributed by atoms with Crippen LogP contribution in [0, 0.1) is 0 Å². The molecule has 0 radical (unpaired) electrons. The minimum atomic E-state index is 1.10. The maximum Gasteiger partial charge on any atom is 0.135 e. The van der Waals surface area contributed by atoms with Crippen LogP contribution in [-0.4, -0.2) is 4.98 Å². The summed E-state index contributed by atoms with van der Waals surface area (Å²) in [6.07, 6.45) is 45.3. The van der Waals surface area contributed by atoms with Gasteiger partial charge in [-0.2, -0.15) is 0 Å². The fourth-order valence-corrected chi connectivity index (χ4v) is 11.6. The van der Waals surface area contributed by atoms with Crippen molar-refractivity contribution >= 4 is 49.9 Å². The molecule has 0 fully saturated rings. The van der Waals surface area contributed by atoms with Crippen LogP contribution in [0.1, 0.15) is 230 Å². The number of hydrogen-bond donors (Lipinski definition) is 0. The first-order valence-electron chi connectivity index (χ1n) is 22.5. The van der Waals surface area contributed by atoms with Gasteiger partial charge in [0, 0.05) is 9.75 Å². The number of nitrogens with zero attached hydrogens (tertiary/aromatic N) is 1. The van der Waals surface area contributed by atoms with Gasteiger partial charge in [-0.25, -0.2) is 4.98 Å². The zero-order valence-electron chi connectivity index (χ0n) is 34.1. The largest absolute Gasteiger partial charge is 0.239 e.